The third kappa shape index (κ3) is 3.46. The van der Waals surface area contributed by atoms with Crippen LogP contribution in [0.2, 0.25) is 0 Å². The van der Waals surface area contributed by atoms with Gasteiger partial charge in [0.1, 0.15) is 11.6 Å². The molecule has 2 aromatic carbocycles. The SMILES string of the molecule is Nc1cc(F)cc(SCc2ccc(F)c(Br)c2)c1. The van der Waals surface area contributed by atoms with Gasteiger partial charge in [-0.25, -0.2) is 8.78 Å². The molecule has 1 nitrogen and oxygen atoms in total. The number of thioether (sulfide) groups is 1. The van der Waals surface area contributed by atoms with Gasteiger partial charge in [0.25, 0.3) is 0 Å². The molecule has 2 N–H and O–H groups in total. The van der Waals surface area contributed by atoms with Gasteiger partial charge in [0.05, 0.1) is 4.47 Å². The molecule has 0 bridgehead atoms. The second kappa shape index (κ2) is 5.71. The van der Waals surface area contributed by atoms with Crippen LogP contribution in [-0.4, -0.2) is 0 Å². The van der Waals surface area contributed by atoms with Crippen molar-refractivity contribution in [2.45, 2.75) is 10.6 Å². The van der Waals surface area contributed by atoms with E-state index in [1.165, 1.54) is 30.0 Å². The van der Waals surface area contributed by atoms with E-state index in [1.807, 2.05) is 0 Å². The summed E-state index contributed by atoms with van der Waals surface area (Å²) in [4.78, 5) is 0.757. The Morgan fingerprint density at radius 2 is 1.89 bits per heavy atom. The predicted octanol–water partition coefficient (Wildman–Crippen LogP) is 4.60. The molecule has 2 aromatic rings. The van der Waals surface area contributed by atoms with Crippen LogP contribution in [0.25, 0.3) is 0 Å². The second-order valence-electron chi connectivity index (χ2n) is 3.76. The van der Waals surface area contributed by atoms with E-state index in [4.69, 9.17) is 5.73 Å². The molecule has 0 saturated carbocycles. The van der Waals surface area contributed by atoms with Crippen molar-refractivity contribution >= 4 is 33.4 Å². The van der Waals surface area contributed by atoms with Crippen LogP contribution in [0.4, 0.5) is 14.5 Å². The number of hydrogen-bond acceptors (Lipinski definition) is 2. The highest BCUT2D eigenvalue weighted by molar-refractivity contribution is 9.10. The highest BCUT2D eigenvalue weighted by Crippen LogP contribution is 2.27. The third-order valence-corrected chi connectivity index (χ3v) is 3.94. The molecule has 0 radical (unpaired) electrons. The predicted molar refractivity (Wildman–Crippen MR) is 74.5 cm³/mol. The molecule has 0 unspecified atom stereocenters. The summed E-state index contributed by atoms with van der Waals surface area (Å²) in [6, 6.07) is 9.24. The minimum Gasteiger partial charge on any atom is -0.399 e. The molecular formula is C13H10BrF2NS. The molecule has 0 aliphatic carbocycles. The number of benzene rings is 2. The quantitative estimate of drug-likeness (QED) is 0.657. The molecule has 0 aliphatic heterocycles. The van der Waals surface area contributed by atoms with E-state index < -0.39 is 0 Å². The minimum atomic E-state index is -0.349. The summed E-state index contributed by atoms with van der Waals surface area (Å²) in [6.45, 7) is 0. The van der Waals surface area contributed by atoms with Gasteiger partial charge < -0.3 is 5.73 Å². The van der Waals surface area contributed by atoms with Gasteiger partial charge in [0, 0.05) is 16.3 Å². The first-order valence-electron chi connectivity index (χ1n) is 5.17. The Hall–Kier alpha value is -1.07. The topological polar surface area (TPSA) is 26.0 Å². The molecule has 0 saturated heterocycles. The highest BCUT2D eigenvalue weighted by Gasteiger charge is 2.03. The van der Waals surface area contributed by atoms with Gasteiger partial charge in [-0.2, -0.15) is 0 Å². The molecule has 2 rings (SSSR count). The minimum absolute atomic E-state index is 0.293. The van der Waals surface area contributed by atoms with Gasteiger partial charge in [0.15, 0.2) is 0 Å². The zero-order chi connectivity index (χ0) is 13.1. The van der Waals surface area contributed by atoms with E-state index in [9.17, 15) is 8.78 Å². The van der Waals surface area contributed by atoms with Crippen molar-refractivity contribution < 1.29 is 8.78 Å². The number of hydrogen-bond donors (Lipinski definition) is 1. The molecule has 94 valence electrons. The maximum absolute atomic E-state index is 13.1. The standard InChI is InChI=1S/C13H10BrF2NS/c14-12-3-8(1-2-13(12)16)7-18-11-5-9(15)4-10(17)6-11/h1-6H,7,17H2. The second-order valence-corrected chi connectivity index (χ2v) is 5.66. The van der Waals surface area contributed by atoms with Crippen LogP contribution in [-0.2, 0) is 5.75 Å². The maximum atomic E-state index is 13.1. The largest absolute Gasteiger partial charge is 0.399 e. The fraction of sp³-hybridized carbons (Fsp3) is 0.0769. The number of rotatable bonds is 3. The Bertz CT molecular complexity index is 555. The first-order chi connectivity index (χ1) is 8.54. The smallest absolute Gasteiger partial charge is 0.137 e. The van der Waals surface area contributed by atoms with Gasteiger partial charge in [-0.05, 0) is 51.8 Å². The molecule has 0 fully saturated rings. The Morgan fingerprint density at radius 3 is 2.56 bits per heavy atom. The maximum Gasteiger partial charge on any atom is 0.137 e. The zero-order valence-corrected chi connectivity index (χ0v) is 11.7. The average Bonchev–Trinajstić information content (AvgIpc) is 2.29. The molecule has 0 atom stereocenters. The van der Waals surface area contributed by atoms with Crippen LogP contribution in [0.5, 0.6) is 0 Å². The van der Waals surface area contributed by atoms with Gasteiger partial charge in [0.2, 0.25) is 0 Å². The zero-order valence-electron chi connectivity index (χ0n) is 9.29. The van der Waals surface area contributed by atoms with Crippen molar-refractivity contribution in [3.63, 3.8) is 0 Å². The lowest BCUT2D eigenvalue weighted by Crippen LogP contribution is -1.88. The Labute approximate surface area is 117 Å². The summed E-state index contributed by atoms with van der Waals surface area (Å²) in [6.07, 6.45) is 0. The van der Waals surface area contributed by atoms with Gasteiger partial charge >= 0.3 is 0 Å². The lowest BCUT2D eigenvalue weighted by molar-refractivity contribution is 0.620. The van der Waals surface area contributed by atoms with E-state index in [2.05, 4.69) is 15.9 Å². The summed E-state index contributed by atoms with van der Waals surface area (Å²) in [5, 5.41) is 0. The number of halogens is 3. The first kappa shape index (κ1) is 13.4. The average molecular weight is 330 g/mol. The molecule has 0 aromatic heterocycles. The molecule has 0 heterocycles. The van der Waals surface area contributed by atoms with E-state index in [-0.39, 0.29) is 11.6 Å². The van der Waals surface area contributed by atoms with Crippen LogP contribution < -0.4 is 5.73 Å². The van der Waals surface area contributed by atoms with Gasteiger partial charge in [-0.1, -0.05) is 6.07 Å². The Kier molecular flexibility index (Phi) is 4.24. The fourth-order valence-corrected chi connectivity index (χ4v) is 2.82. The highest BCUT2D eigenvalue weighted by atomic mass is 79.9. The van der Waals surface area contributed by atoms with E-state index in [0.717, 1.165) is 10.5 Å². The van der Waals surface area contributed by atoms with Crippen LogP contribution in [0.1, 0.15) is 5.56 Å². The van der Waals surface area contributed by atoms with Crippen LogP contribution in [0.15, 0.2) is 45.8 Å². The number of anilines is 1. The van der Waals surface area contributed by atoms with E-state index in [0.29, 0.717) is 15.9 Å². The summed E-state index contributed by atoms with van der Waals surface area (Å²) >= 11 is 4.58. The number of nitrogen functional groups attached to an aromatic ring is 1. The summed E-state index contributed by atoms with van der Waals surface area (Å²) < 4.78 is 26.6. The van der Waals surface area contributed by atoms with Crippen LogP contribution >= 0.6 is 27.7 Å². The molecule has 0 amide bonds. The van der Waals surface area contributed by atoms with Crippen molar-refractivity contribution in [3.05, 3.63) is 58.1 Å². The molecule has 5 heteroatoms. The van der Waals surface area contributed by atoms with Crippen molar-refractivity contribution in [1.82, 2.24) is 0 Å². The van der Waals surface area contributed by atoms with E-state index in [1.54, 1.807) is 18.2 Å². The van der Waals surface area contributed by atoms with Crippen LogP contribution in [0.3, 0.4) is 0 Å². The third-order valence-electron chi connectivity index (χ3n) is 2.28. The van der Waals surface area contributed by atoms with Crippen molar-refractivity contribution in [2.75, 3.05) is 5.73 Å². The first-order valence-corrected chi connectivity index (χ1v) is 6.95. The fourth-order valence-electron chi connectivity index (χ4n) is 1.46. The lowest BCUT2D eigenvalue weighted by Gasteiger charge is -2.04. The van der Waals surface area contributed by atoms with Crippen molar-refractivity contribution in [1.29, 1.82) is 0 Å². The lowest BCUT2D eigenvalue weighted by atomic mass is 10.2. The Balaban J connectivity index is 2.08. The number of nitrogens with two attached hydrogens (primary N) is 1. The van der Waals surface area contributed by atoms with Gasteiger partial charge in [-0.3, -0.25) is 0 Å². The molecular weight excluding hydrogens is 320 g/mol. The molecule has 0 aliphatic rings. The monoisotopic (exact) mass is 329 g/mol. The molecule has 18 heavy (non-hydrogen) atoms. The van der Waals surface area contributed by atoms with E-state index >= 15 is 0 Å². The molecule has 0 spiro atoms. The Morgan fingerprint density at radius 1 is 1.11 bits per heavy atom. The summed E-state index contributed by atoms with van der Waals surface area (Å²) in [7, 11) is 0. The van der Waals surface area contributed by atoms with Crippen LogP contribution in [0, 0.1) is 11.6 Å². The summed E-state index contributed by atoms with van der Waals surface area (Å²) in [5.41, 5.74) is 6.92. The van der Waals surface area contributed by atoms with Crippen molar-refractivity contribution in [2.24, 2.45) is 0 Å². The van der Waals surface area contributed by atoms with Gasteiger partial charge in [-0.15, -0.1) is 11.8 Å². The normalized spacial score (nSPS) is 10.6. The summed E-state index contributed by atoms with van der Waals surface area (Å²) in [5.74, 6) is -0.0153. The van der Waals surface area contributed by atoms with Crippen molar-refractivity contribution in [3.8, 4) is 0 Å².